The van der Waals surface area contributed by atoms with Crippen molar-refractivity contribution in [2.24, 2.45) is 0 Å². The molecule has 0 spiro atoms. The van der Waals surface area contributed by atoms with Crippen LogP contribution in [0.1, 0.15) is 5.69 Å². The standard InChI is InChI=1S/C20H23N5O3S/c26-29(27,15-18-17-5-1-2-6-19(17)28-22-18)25-13-16(14-25)23-9-11-24(12-10-23)20-7-3-4-8-21-20/h1-8,16H,9-15H2. The Morgan fingerprint density at radius 1 is 1.00 bits per heavy atom. The van der Waals surface area contributed by atoms with Crippen molar-refractivity contribution in [2.75, 3.05) is 44.2 Å². The lowest BCUT2D eigenvalue weighted by molar-refractivity contribution is 0.0826. The van der Waals surface area contributed by atoms with Gasteiger partial charge in [0.25, 0.3) is 0 Å². The van der Waals surface area contributed by atoms with Crippen LogP contribution in [0.3, 0.4) is 0 Å². The first kappa shape index (κ1) is 18.5. The maximum absolute atomic E-state index is 12.8. The number of anilines is 1. The normalized spacial score (nSPS) is 19.5. The minimum absolute atomic E-state index is 0.121. The minimum atomic E-state index is -3.40. The summed E-state index contributed by atoms with van der Waals surface area (Å²) in [6.45, 7) is 4.74. The molecule has 5 rings (SSSR count). The molecular weight excluding hydrogens is 390 g/mol. The summed E-state index contributed by atoms with van der Waals surface area (Å²) in [5.41, 5.74) is 1.10. The Kier molecular flexibility index (Phi) is 4.73. The molecule has 0 radical (unpaired) electrons. The van der Waals surface area contributed by atoms with E-state index in [1.807, 2.05) is 42.6 Å². The lowest BCUT2D eigenvalue weighted by atomic mass is 10.1. The van der Waals surface area contributed by atoms with E-state index in [-0.39, 0.29) is 11.8 Å². The van der Waals surface area contributed by atoms with Gasteiger partial charge in [0, 0.05) is 56.9 Å². The second-order valence-electron chi connectivity index (χ2n) is 7.56. The van der Waals surface area contributed by atoms with E-state index in [1.54, 1.807) is 10.4 Å². The summed E-state index contributed by atoms with van der Waals surface area (Å²) in [5, 5.41) is 4.73. The average molecular weight is 414 g/mol. The van der Waals surface area contributed by atoms with E-state index in [1.165, 1.54) is 0 Å². The fourth-order valence-electron chi connectivity index (χ4n) is 4.04. The van der Waals surface area contributed by atoms with Crippen molar-refractivity contribution in [3.8, 4) is 0 Å². The number of aromatic nitrogens is 2. The molecule has 0 unspecified atom stereocenters. The smallest absolute Gasteiger partial charge is 0.220 e. The van der Waals surface area contributed by atoms with Gasteiger partial charge in [0.1, 0.15) is 17.3 Å². The van der Waals surface area contributed by atoms with Crippen LogP contribution in [0, 0.1) is 0 Å². The van der Waals surface area contributed by atoms with Crippen LogP contribution in [0.2, 0.25) is 0 Å². The first-order chi connectivity index (χ1) is 14.1. The van der Waals surface area contributed by atoms with Crippen LogP contribution in [-0.2, 0) is 15.8 Å². The van der Waals surface area contributed by atoms with Gasteiger partial charge in [0.15, 0.2) is 5.58 Å². The first-order valence-electron chi connectivity index (χ1n) is 9.81. The van der Waals surface area contributed by atoms with Crippen molar-refractivity contribution in [1.82, 2.24) is 19.3 Å². The maximum atomic E-state index is 12.8. The Hall–Kier alpha value is -2.49. The number of fused-ring (bicyclic) bond motifs is 1. The van der Waals surface area contributed by atoms with Gasteiger partial charge in [-0.1, -0.05) is 23.4 Å². The van der Waals surface area contributed by atoms with Crippen molar-refractivity contribution in [3.05, 3.63) is 54.4 Å². The summed E-state index contributed by atoms with van der Waals surface area (Å²) < 4.78 is 32.4. The highest BCUT2D eigenvalue weighted by atomic mass is 32.2. The maximum Gasteiger partial charge on any atom is 0.220 e. The largest absolute Gasteiger partial charge is 0.356 e. The van der Waals surface area contributed by atoms with Crippen molar-refractivity contribution in [1.29, 1.82) is 0 Å². The molecule has 2 aliphatic rings. The molecule has 0 saturated carbocycles. The molecule has 9 heteroatoms. The molecule has 2 aromatic heterocycles. The van der Waals surface area contributed by atoms with Crippen molar-refractivity contribution < 1.29 is 12.9 Å². The Balaban J connectivity index is 1.17. The Morgan fingerprint density at radius 2 is 1.76 bits per heavy atom. The molecule has 4 heterocycles. The first-order valence-corrected chi connectivity index (χ1v) is 11.4. The summed E-state index contributed by atoms with van der Waals surface area (Å²) in [6, 6.07) is 13.6. The van der Waals surface area contributed by atoms with E-state index in [0.29, 0.717) is 24.4 Å². The number of pyridine rings is 1. The third-order valence-corrected chi connectivity index (χ3v) is 7.52. The number of hydrogen-bond donors (Lipinski definition) is 0. The molecule has 0 amide bonds. The van der Waals surface area contributed by atoms with Crippen LogP contribution in [0.5, 0.6) is 0 Å². The number of benzene rings is 1. The highest BCUT2D eigenvalue weighted by Gasteiger charge is 2.40. The summed E-state index contributed by atoms with van der Waals surface area (Å²) in [4.78, 5) is 9.08. The number of hydrogen-bond acceptors (Lipinski definition) is 7. The van der Waals surface area contributed by atoms with Crippen molar-refractivity contribution in [2.45, 2.75) is 11.8 Å². The highest BCUT2D eigenvalue weighted by Crippen LogP contribution is 2.26. The van der Waals surface area contributed by atoms with E-state index in [0.717, 1.165) is 37.4 Å². The van der Waals surface area contributed by atoms with Gasteiger partial charge in [-0.15, -0.1) is 0 Å². The Morgan fingerprint density at radius 3 is 2.52 bits per heavy atom. The van der Waals surface area contributed by atoms with Crippen LogP contribution >= 0.6 is 0 Å². The SMILES string of the molecule is O=S(=O)(Cc1noc2ccccc12)N1CC(N2CCN(c3ccccn3)CC2)C1. The fraction of sp³-hybridized carbons (Fsp3) is 0.400. The van der Waals surface area contributed by atoms with E-state index in [2.05, 4.69) is 19.9 Å². The Bertz CT molecular complexity index is 1090. The zero-order valence-corrected chi connectivity index (χ0v) is 16.8. The van der Waals surface area contributed by atoms with Crippen LogP contribution in [0.15, 0.2) is 53.2 Å². The fourth-order valence-corrected chi connectivity index (χ4v) is 5.57. The van der Waals surface area contributed by atoms with Gasteiger partial charge in [-0.2, -0.15) is 4.31 Å². The molecule has 0 atom stereocenters. The van der Waals surface area contributed by atoms with E-state index in [9.17, 15) is 8.42 Å². The molecule has 29 heavy (non-hydrogen) atoms. The van der Waals surface area contributed by atoms with Gasteiger partial charge in [-0.3, -0.25) is 4.90 Å². The number of sulfonamides is 1. The van der Waals surface area contributed by atoms with E-state index < -0.39 is 10.0 Å². The number of piperazine rings is 1. The summed E-state index contributed by atoms with van der Waals surface area (Å²) >= 11 is 0. The van der Waals surface area contributed by atoms with Crippen molar-refractivity contribution in [3.63, 3.8) is 0 Å². The molecule has 1 aromatic carbocycles. The van der Waals surface area contributed by atoms with Gasteiger partial charge in [0.2, 0.25) is 10.0 Å². The topological polar surface area (TPSA) is 82.8 Å². The van der Waals surface area contributed by atoms with Crippen LogP contribution in [-0.4, -0.2) is 73.1 Å². The van der Waals surface area contributed by atoms with Gasteiger partial charge in [-0.25, -0.2) is 13.4 Å². The Labute approximate surface area is 169 Å². The molecule has 0 aliphatic carbocycles. The second-order valence-corrected chi connectivity index (χ2v) is 9.53. The second kappa shape index (κ2) is 7.40. The molecule has 2 saturated heterocycles. The highest BCUT2D eigenvalue weighted by molar-refractivity contribution is 7.88. The molecule has 2 aliphatic heterocycles. The predicted molar refractivity (Wildman–Crippen MR) is 110 cm³/mol. The molecular formula is C20H23N5O3S. The van der Waals surface area contributed by atoms with Crippen LogP contribution in [0.4, 0.5) is 5.82 Å². The average Bonchev–Trinajstić information content (AvgIpc) is 3.10. The third-order valence-electron chi connectivity index (χ3n) is 5.80. The molecule has 0 N–H and O–H groups in total. The van der Waals surface area contributed by atoms with Gasteiger partial charge < -0.3 is 9.42 Å². The monoisotopic (exact) mass is 413 g/mol. The molecule has 0 bridgehead atoms. The number of rotatable bonds is 5. The molecule has 3 aromatic rings. The van der Waals surface area contributed by atoms with E-state index in [4.69, 9.17) is 4.52 Å². The predicted octanol–water partition coefficient (Wildman–Crippen LogP) is 1.56. The van der Waals surface area contributed by atoms with E-state index >= 15 is 0 Å². The number of nitrogens with zero attached hydrogens (tertiary/aromatic N) is 5. The molecule has 8 nitrogen and oxygen atoms in total. The van der Waals surface area contributed by atoms with Crippen LogP contribution < -0.4 is 4.90 Å². The minimum Gasteiger partial charge on any atom is -0.356 e. The van der Waals surface area contributed by atoms with Gasteiger partial charge in [0.05, 0.1) is 0 Å². The molecule has 152 valence electrons. The summed E-state index contributed by atoms with van der Waals surface area (Å²) in [7, 11) is -3.40. The van der Waals surface area contributed by atoms with Crippen molar-refractivity contribution >= 4 is 26.8 Å². The third kappa shape index (κ3) is 3.61. The van der Waals surface area contributed by atoms with Gasteiger partial charge in [-0.05, 0) is 24.3 Å². The van der Waals surface area contributed by atoms with Gasteiger partial charge >= 0.3 is 0 Å². The lowest BCUT2D eigenvalue weighted by Gasteiger charge is -2.47. The summed E-state index contributed by atoms with van der Waals surface area (Å²) in [6.07, 6.45) is 1.81. The molecule has 2 fully saturated rings. The zero-order valence-electron chi connectivity index (χ0n) is 16.0. The van der Waals surface area contributed by atoms with Crippen LogP contribution in [0.25, 0.3) is 11.0 Å². The zero-order chi connectivity index (χ0) is 19.8. The number of para-hydroxylation sites is 1. The lowest BCUT2D eigenvalue weighted by Crippen LogP contribution is -2.64. The summed E-state index contributed by atoms with van der Waals surface area (Å²) in [5.74, 6) is 0.884. The quantitative estimate of drug-likeness (QED) is 0.628.